The van der Waals surface area contributed by atoms with Gasteiger partial charge in [0.25, 0.3) is 0 Å². The number of hydrogen-bond acceptors (Lipinski definition) is 3. The third kappa shape index (κ3) is 2.88. The predicted octanol–water partition coefficient (Wildman–Crippen LogP) is 3.79. The molecular weight excluding hydrogens is 264 g/mol. The van der Waals surface area contributed by atoms with Crippen LogP contribution in [0.1, 0.15) is 18.5 Å². The minimum Gasteiger partial charge on any atom is -0.496 e. The van der Waals surface area contributed by atoms with Crippen molar-refractivity contribution < 1.29 is 18.3 Å². The first-order valence-corrected chi connectivity index (χ1v) is 6.08. The standard InChI is InChI=1S/C15H15F2NO2/c1-9(18)15-13(19-2)4-3-5-14(15)20-12-7-6-10(16)8-11(12)17/h3-9H,18H2,1-2H3. The van der Waals surface area contributed by atoms with Crippen molar-refractivity contribution in [1.82, 2.24) is 0 Å². The molecule has 0 saturated carbocycles. The van der Waals surface area contributed by atoms with E-state index >= 15 is 0 Å². The average Bonchev–Trinajstić information content (AvgIpc) is 2.41. The van der Waals surface area contributed by atoms with Crippen LogP contribution in [0.25, 0.3) is 0 Å². The number of hydrogen-bond donors (Lipinski definition) is 1. The first-order chi connectivity index (χ1) is 9.52. The minimum atomic E-state index is -0.775. The van der Waals surface area contributed by atoms with Crippen LogP contribution in [-0.4, -0.2) is 7.11 Å². The lowest BCUT2D eigenvalue weighted by molar-refractivity contribution is 0.392. The molecule has 2 rings (SSSR count). The number of ether oxygens (including phenoxy) is 2. The van der Waals surface area contributed by atoms with Crippen LogP contribution in [0.3, 0.4) is 0 Å². The summed E-state index contributed by atoms with van der Waals surface area (Å²) in [6, 6.07) is 7.88. The van der Waals surface area contributed by atoms with Gasteiger partial charge < -0.3 is 15.2 Å². The first kappa shape index (κ1) is 14.3. The Morgan fingerprint density at radius 1 is 1.05 bits per heavy atom. The van der Waals surface area contributed by atoms with E-state index in [-0.39, 0.29) is 11.8 Å². The molecule has 0 aromatic heterocycles. The smallest absolute Gasteiger partial charge is 0.168 e. The van der Waals surface area contributed by atoms with Crippen molar-refractivity contribution in [3.05, 3.63) is 53.6 Å². The maximum Gasteiger partial charge on any atom is 0.168 e. The van der Waals surface area contributed by atoms with Crippen molar-refractivity contribution in [3.63, 3.8) is 0 Å². The lowest BCUT2D eigenvalue weighted by atomic mass is 10.1. The molecule has 5 heteroatoms. The van der Waals surface area contributed by atoms with Crippen molar-refractivity contribution in [2.24, 2.45) is 5.73 Å². The van der Waals surface area contributed by atoms with Crippen LogP contribution in [0, 0.1) is 11.6 Å². The Morgan fingerprint density at radius 2 is 1.75 bits per heavy atom. The number of halogens is 2. The molecule has 0 saturated heterocycles. The third-order valence-corrected chi connectivity index (χ3v) is 2.82. The van der Waals surface area contributed by atoms with Crippen molar-refractivity contribution in [3.8, 4) is 17.2 Å². The summed E-state index contributed by atoms with van der Waals surface area (Å²) in [6.07, 6.45) is 0. The van der Waals surface area contributed by atoms with E-state index < -0.39 is 11.6 Å². The fraction of sp³-hybridized carbons (Fsp3) is 0.200. The van der Waals surface area contributed by atoms with E-state index in [2.05, 4.69) is 0 Å². The minimum absolute atomic E-state index is 0.0680. The van der Waals surface area contributed by atoms with Crippen LogP contribution in [0.15, 0.2) is 36.4 Å². The number of methoxy groups -OCH3 is 1. The van der Waals surface area contributed by atoms with Crippen molar-refractivity contribution >= 4 is 0 Å². The van der Waals surface area contributed by atoms with Gasteiger partial charge in [-0.3, -0.25) is 0 Å². The van der Waals surface area contributed by atoms with Crippen molar-refractivity contribution in [2.75, 3.05) is 7.11 Å². The zero-order valence-electron chi connectivity index (χ0n) is 11.2. The fourth-order valence-electron chi connectivity index (χ4n) is 1.92. The van der Waals surface area contributed by atoms with Gasteiger partial charge in [0, 0.05) is 12.1 Å². The second kappa shape index (κ2) is 5.88. The molecule has 2 aromatic carbocycles. The lowest BCUT2D eigenvalue weighted by Gasteiger charge is -2.17. The molecule has 0 heterocycles. The molecule has 0 aliphatic rings. The normalized spacial score (nSPS) is 12.1. The first-order valence-electron chi connectivity index (χ1n) is 6.08. The molecule has 2 N–H and O–H groups in total. The Morgan fingerprint density at radius 3 is 2.35 bits per heavy atom. The molecule has 0 radical (unpaired) electrons. The molecule has 0 amide bonds. The van der Waals surface area contributed by atoms with Crippen LogP contribution in [0.4, 0.5) is 8.78 Å². The Hall–Kier alpha value is -2.14. The lowest BCUT2D eigenvalue weighted by Crippen LogP contribution is -2.09. The van der Waals surface area contributed by atoms with Crippen LogP contribution in [-0.2, 0) is 0 Å². The summed E-state index contributed by atoms with van der Waals surface area (Å²) in [6.45, 7) is 1.77. The Labute approximate surface area is 115 Å². The molecule has 2 aromatic rings. The van der Waals surface area contributed by atoms with Gasteiger partial charge in [-0.2, -0.15) is 0 Å². The van der Waals surface area contributed by atoms with Crippen LogP contribution >= 0.6 is 0 Å². The van der Waals surface area contributed by atoms with Gasteiger partial charge in [-0.15, -0.1) is 0 Å². The molecule has 0 bridgehead atoms. The summed E-state index contributed by atoms with van der Waals surface area (Å²) >= 11 is 0. The van der Waals surface area contributed by atoms with E-state index in [1.54, 1.807) is 25.1 Å². The topological polar surface area (TPSA) is 44.5 Å². The fourth-order valence-corrected chi connectivity index (χ4v) is 1.92. The van der Waals surface area contributed by atoms with Gasteiger partial charge in [-0.1, -0.05) is 6.07 Å². The summed E-state index contributed by atoms with van der Waals surface area (Å²) in [5.74, 6) is -0.567. The van der Waals surface area contributed by atoms with Gasteiger partial charge in [-0.05, 0) is 31.2 Å². The van der Waals surface area contributed by atoms with Crippen LogP contribution < -0.4 is 15.2 Å². The highest BCUT2D eigenvalue weighted by Gasteiger charge is 2.16. The largest absolute Gasteiger partial charge is 0.496 e. The van der Waals surface area contributed by atoms with Gasteiger partial charge in [-0.25, -0.2) is 8.78 Å². The second-order valence-corrected chi connectivity index (χ2v) is 4.34. The van der Waals surface area contributed by atoms with E-state index in [9.17, 15) is 8.78 Å². The highest BCUT2D eigenvalue weighted by molar-refractivity contribution is 5.48. The molecule has 3 nitrogen and oxygen atoms in total. The monoisotopic (exact) mass is 279 g/mol. The van der Waals surface area contributed by atoms with Crippen LogP contribution in [0.2, 0.25) is 0 Å². The highest BCUT2D eigenvalue weighted by atomic mass is 19.1. The summed E-state index contributed by atoms with van der Waals surface area (Å²) in [5, 5.41) is 0. The predicted molar refractivity (Wildman–Crippen MR) is 72.0 cm³/mol. The Bertz CT molecular complexity index is 615. The molecule has 0 fully saturated rings. The molecular formula is C15H15F2NO2. The van der Waals surface area contributed by atoms with Gasteiger partial charge in [0.2, 0.25) is 0 Å². The molecule has 1 unspecified atom stereocenters. The summed E-state index contributed by atoms with van der Waals surface area (Å²) < 4.78 is 37.2. The highest BCUT2D eigenvalue weighted by Crippen LogP contribution is 2.36. The van der Waals surface area contributed by atoms with Gasteiger partial charge in [0.15, 0.2) is 11.6 Å². The van der Waals surface area contributed by atoms with Crippen LogP contribution in [0.5, 0.6) is 17.2 Å². The molecule has 20 heavy (non-hydrogen) atoms. The van der Waals surface area contributed by atoms with E-state index in [0.29, 0.717) is 17.1 Å². The van der Waals surface area contributed by atoms with Gasteiger partial charge in [0.1, 0.15) is 17.3 Å². The van der Waals surface area contributed by atoms with Gasteiger partial charge in [0.05, 0.1) is 12.7 Å². The molecule has 106 valence electrons. The number of rotatable bonds is 4. The quantitative estimate of drug-likeness (QED) is 0.926. The zero-order chi connectivity index (χ0) is 14.7. The van der Waals surface area contributed by atoms with E-state index in [4.69, 9.17) is 15.2 Å². The Balaban J connectivity index is 2.43. The maximum atomic E-state index is 13.6. The van der Waals surface area contributed by atoms with E-state index in [1.165, 1.54) is 13.2 Å². The van der Waals surface area contributed by atoms with E-state index in [1.807, 2.05) is 0 Å². The summed E-state index contributed by atoms with van der Waals surface area (Å²) in [5.41, 5.74) is 6.52. The third-order valence-electron chi connectivity index (χ3n) is 2.82. The maximum absolute atomic E-state index is 13.6. The molecule has 1 atom stereocenters. The number of nitrogens with two attached hydrogens (primary N) is 1. The average molecular weight is 279 g/mol. The van der Waals surface area contributed by atoms with Crippen molar-refractivity contribution in [2.45, 2.75) is 13.0 Å². The van der Waals surface area contributed by atoms with Crippen molar-refractivity contribution in [1.29, 1.82) is 0 Å². The van der Waals surface area contributed by atoms with E-state index in [0.717, 1.165) is 12.1 Å². The summed E-state index contributed by atoms with van der Waals surface area (Å²) in [4.78, 5) is 0. The molecule has 0 spiro atoms. The SMILES string of the molecule is COc1cccc(Oc2ccc(F)cc2F)c1C(C)N. The molecule has 0 aliphatic carbocycles. The zero-order valence-corrected chi connectivity index (χ0v) is 11.2. The number of benzene rings is 2. The molecule has 0 aliphatic heterocycles. The second-order valence-electron chi connectivity index (χ2n) is 4.34. The Kier molecular flexibility index (Phi) is 4.20. The summed E-state index contributed by atoms with van der Waals surface area (Å²) in [7, 11) is 1.52. The van der Waals surface area contributed by atoms with Gasteiger partial charge >= 0.3 is 0 Å².